The van der Waals surface area contributed by atoms with E-state index >= 15 is 0 Å². The maximum atomic E-state index is 11.3. The number of carbonyl (C=O) groups is 1. The minimum atomic E-state index is 0.0243. The highest BCUT2D eigenvalue weighted by molar-refractivity contribution is 5.76. The molecule has 1 aliphatic carbocycles. The van der Waals surface area contributed by atoms with Gasteiger partial charge < -0.3 is 10.1 Å². The van der Waals surface area contributed by atoms with Crippen molar-refractivity contribution in [2.75, 3.05) is 19.7 Å². The molecule has 1 aliphatic heterocycles. The molecule has 1 saturated heterocycles. The Morgan fingerprint density at radius 3 is 3.00 bits per heavy atom. The number of ether oxygens (including phenoxy) is 1. The van der Waals surface area contributed by atoms with E-state index in [1.54, 1.807) is 0 Å². The highest BCUT2D eigenvalue weighted by atomic mass is 16.5. The minimum Gasteiger partial charge on any atom is -0.466 e. The summed E-state index contributed by atoms with van der Waals surface area (Å²) in [4.78, 5) is 11.3. The summed E-state index contributed by atoms with van der Waals surface area (Å²) < 4.78 is 4.99. The van der Waals surface area contributed by atoms with Crippen molar-refractivity contribution < 1.29 is 9.53 Å². The monoisotopic (exact) mass is 169 g/mol. The summed E-state index contributed by atoms with van der Waals surface area (Å²) in [6.45, 7) is 4.45. The number of esters is 1. The summed E-state index contributed by atoms with van der Waals surface area (Å²) >= 11 is 0. The Balaban J connectivity index is 1.87. The largest absolute Gasteiger partial charge is 0.466 e. The number of piperidine rings is 1. The Hall–Kier alpha value is -0.570. The predicted molar refractivity (Wildman–Crippen MR) is 44.6 cm³/mol. The highest BCUT2D eigenvalue weighted by Gasteiger charge is 2.55. The molecular formula is C9H15NO2. The van der Waals surface area contributed by atoms with Crippen molar-refractivity contribution in [3.05, 3.63) is 0 Å². The van der Waals surface area contributed by atoms with Crippen molar-refractivity contribution in [3.63, 3.8) is 0 Å². The van der Waals surface area contributed by atoms with Gasteiger partial charge in [0.05, 0.1) is 12.5 Å². The predicted octanol–water partition coefficient (Wildman–Crippen LogP) is 0.405. The van der Waals surface area contributed by atoms with Gasteiger partial charge in [0.15, 0.2) is 0 Å². The van der Waals surface area contributed by atoms with Gasteiger partial charge in [-0.25, -0.2) is 0 Å². The number of carbonyl (C=O) groups excluding carboxylic acids is 1. The number of nitrogens with one attached hydrogen (secondary N) is 1. The standard InChI is InChI=1S/C9H15NO2/c1-2-12-9(11)8-6-3-4-10-5-7(6)8/h6-8,10H,2-5H2,1H3. The van der Waals surface area contributed by atoms with Gasteiger partial charge in [0, 0.05) is 0 Å². The summed E-state index contributed by atoms with van der Waals surface area (Å²) in [7, 11) is 0. The van der Waals surface area contributed by atoms with Crippen LogP contribution in [0, 0.1) is 17.8 Å². The summed E-state index contributed by atoms with van der Waals surface area (Å²) in [5, 5.41) is 3.30. The molecule has 0 amide bonds. The molecule has 3 nitrogen and oxygen atoms in total. The average molecular weight is 169 g/mol. The Kier molecular flexibility index (Phi) is 2.05. The highest BCUT2D eigenvalue weighted by Crippen LogP contribution is 2.50. The van der Waals surface area contributed by atoms with E-state index in [1.165, 1.54) is 0 Å². The number of fused-ring (bicyclic) bond motifs is 1. The third-order valence-corrected chi connectivity index (χ3v) is 2.92. The van der Waals surface area contributed by atoms with Crippen LogP contribution in [0.1, 0.15) is 13.3 Å². The molecule has 12 heavy (non-hydrogen) atoms. The van der Waals surface area contributed by atoms with Gasteiger partial charge in [-0.05, 0) is 38.3 Å². The fourth-order valence-corrected chi connectivity index (χ4v) is 2.24. The molecule has 3 heteroatoms. The van der Waals surface area contributed by atoms with Crippen molar-refractivity contribution in [2.24, 2.45) is 17.8 Å². The third kappa shape index (κ3) is 1.22. The number of rotatable bonds is 2. The lowest BCUT2D eigenvalue weighted by molar-refractivity contribution is -0.145. The van der Waals surface area contributed by atoms with E-state index in [-0.39, 0.29) is 11.9 Å². The average Bonchev–Trinajstić information content (AvgIpc) is 2.78. The molecule has 3 atom stereocenters. The SMILES string of the molecule is CCOC(=O)C1C2CCNCC21. The minimum absolute atomic E-state index is 0.0243. The van der Waals surface area contributed by atoms with E-state index in [1.807, 2.05) is 6.92 Å². The first-order chi connectivity index (χ1) is 5.84. The van der Waals surface area contributed by atoms with E-state index in [4.69, 9.17) is 4.74 Å². The van der Waals surface area contributed by atoms with E-state index < -0.39 is 0 Å². The summed E-state index contributed by atoms with van der Waals surface area (Å²) in [5.74, 6) is 1.46. The van der Waals surface area contributed by atoms with Crippen molar-refractivity contribution in [1.29, 1.82) is 0 Å². The van der Waals surface area contributed by atoms with Crippen LogP contribution in [0.5, 0.6) is 0 Å². The van der Waals surface area contributed by atoms with E-state index in [2.05, 4.69) is 5.32 Å². The molecule has 0 spiro atoms. The normalized spacial score (nSPS) is 38.6. The van der Waals surface area contributed by atoms with E-state index in [9.17, 15) is 4.79 Å². The summed E-state index contributed by atoms with van der Waals surface area (Å²) in [6, 6.07) is 0. The van der Waals surface area contributed by atoms with Gasteiger partial charge in [0.2, 0.25) is 0 Å². The summed E-state index contributed by atoms with van der Waals surface area (Å²) in [5.41, 5.74) is 0. The number of hydrogen-bond acceptors (Lipinski definition) is 3. The number of hydrogen-bond donors (Lipinski definition) is 1. The van der Waals surface area contributed by atoms with Crippen molar-refractivity contribution in [2.45, 2.75) is 13.3 Å². The third-order valence-electron chi connectivity index (χ3n) is 2.92. The zero-order valence-electron chi connectivity index (χ0n) is 7.38. The molecule has 0 bridgehead atoms. The Morgan fingerprint density at radius 2 is 2.42 bits per heavy atom. The molecule has 0 aromatic carbocycles. The maximum Gasteiger partial charge on any atom is 0.309 e. The second kappa shape index (κ2) is 3.05. The Morgan fingerprint density at radius 1 is 1.58 bits per heavy atom. The van der Waals surface area contributed by atoms with Crippen LogP contribution in [-0.2, 0) is 9.53 Å². The first-order valence-corrected chi connectivity index (χ1v) is 4.72. The molecule has 3 unspecified atom stereocenters. The molecule has 2 aliphatic rings. The van der Waals surface area contributed by atoms with Crippen LogP contribution in [0.25, 0.3) is 0 Å². The van der Waals surface area contributed by atoms with E-state index in [0.29, 0.717) is 18.4 Å². The molecular weight excluding hydrogens is 154 g/mol. The molecule has 2 fully saturated rings. The van der Waals surface area contributed by atoms with Gasteiger partial charge in [0.1, 0.15) is 0 Å². The Labute approximate surface area is 72.5 Å². The van der Waals surface area contributed by atoms with Gasteiger partial charge in [-0.2, -0.15) is 0 Å². The summed E-state index contributed by atoms with van der Waals surface area (Å²) in [6.07, 6.45) is 1.15. The second-order valence-corrected chi connectivity index (χ2v) is 3.60. The molecule has 0 aromatic rings. The topological polar surface area (TPSA) is 38.3 Å². The van der Waals surface area contributed by atoms with Crippen LogP contribution >= 0.6 is 0 Å². The fourth-order valence-electron chi connectivity index (χ4n) is 2.24. The molecule has 0 radical (unpaired) electrons. The first-order valence-electron chi connectivity index (χ1n) is 4.72. The molecule has 1 heterocycles. The van der Waals surface area contributed by atoms with Gasteiger partial charge in [-0.3, -0.25) is 4.79 Å². The van der Waals surface area contributed by atoms with Crippen LogP contribution < -0.4 is 5.32 Å². The molecule has 0 aromatic heterocycles. The van der Waals surface area contributed by atoms with Crippen LogP contribution in [0.15, 0.2) is 0 Å². The Bertz CT molecular complexity index is 181. The lowest BCUT2D eigenvalue weighted by Crippen LogP contribution is -2.23. The first kappa shape index (κ1) is 8.05. The lowest BCUT2D eigenvalue weighted by atomic mass is 10.2. The van der Waals surface area contributed by atoms with Crippen LogP contribution in [0.3, 0.4) is 0 Å². The van der Waals surface area contributed by atoms with Crippen LogP contribution in [0.4, 0.5) is 0 Å². The van der Waals surface area contributed by atoms with Crippen LogP contribution in [-0.4, -0.2) is 25.7 Å². The van der Waals surface area contributed by atoms with E-state index in [0.717, 1.165) is 19.5 Å². The van der Waals surface area contributed by atoms with Crippen molar-refractivity contribution in [1.82, 2.24) is 5.32 Å². The zero-order chi connectivity index (χ0) is 8.55. The van der Waals surface area contributed by atoms with Crippen molar-refractivity contribution >= 4 is 5.97 Å². The van der Waals surface area contributed by atoms with Crippen molar-refractivity contribution in [3.8, 4) is 0 Å². The molecule has 68 valence electrons. The van der Waals surface area contributed by atoms with Crippen LogP contribution in [0.2, 0.25) is 0 Å². The fraction of sp³-hybridized carbons (Fsp3) is 0.889. The second-order valence-electron chi connectivity index (χ2n) is 3.60. The van der Waals surface area contributed by atoms with Gasteiger partial charge in [-0.1, -0.05) is 0 Å². The van der Waals surface area contributed by atoms with Gasteiger partial charge in [-0.15, -0.1) is 0 Å². The molecule has 1 saturated carbocycles. The maximum absolute atomic E-state index is 11.3. The zero-order valence-corrected chi connectivity index (χ0v) is 7.38. The molecule has 1 N–H and O–H groups in total. The van der Waals surface area contributed by atoms with Gasteiger partial charge >= 0.3 is 5.97 Å². The smallest absolute Gasteiger partial charge is 0.309 e. The quantitative estimate of drug-likeness (QED) is 0.608. The lowest BCUT2D eigenvalue weighted by Gasteiger charge is -2.07. The molecule has 2 rings (SSSR count). The van der Waals surface area contributed by atoms with Gasteiger partial charge in [0.25, 0.3) is 0 Å².